The van der Waals surface area contributed by atoms with E-state index < -0.39 is 34.2 Å². The van der Waals surface area contributed by atoms with Crippen LogP contribution >= 0.6 is 0 Å². The summed E-state index contributed by atoms with van der Waals surface area (Å²) in [6.07, 6.45) is 1.02. The molecule has 3 N–H and O–H groups in total. The Bertz CT molecular complexity index is 4740. The molecule has 13 rings (SSSR count). The van der Waals surface area contributed by atoms with Crippen LogP contribution in [0.15, 0.2) is 309 Å². The van der Waals surface area contributed by atoms with Crippen molar-refractivity contribution in [2.24, 2.45) is 0 Å². The van der Waals surface area contributed by atoms with Gasteiger partial charge in [0.05, 0.1) is 0 Å². The van der Waals surface area contributed by atoms with Gasteiger partial charge in [-0.2, -0.15) is 0 Å². The molecule has 0 saturated heterocycles. The molecule has 0 radical (unpaired) electrons. The maximum absolute atomic E-state index is 12.0. The van der Waals surface area contributed by atoms with Crippen LogP contribution in [0.1, 0.15) is 109 Å². The third-order valence-electron chi connectivity index (χ3n) is 20.0. The summed E-state index contributed by atoms with van der Waals surface area (Å²) in [6.45, 7) is 12.2. The van der Waals surface area contributed by atoms with E-state index in [2.05, 4.69) is 20.8 Å². The number of carboxylic acids is 3. The summed E-state index contributed by atoms with van der Waals surface area (Å²) in [5, 5.41) is 29.4. The van der Waals surface area contributed by atoms with Gasteiger partial charge in [-0.25, -0.2) is 0 Å². The molecule has 0 aliphatic rings. The molecule has 15 heteroatoms. The smallest absolute Gasteiger partial charge is 0.303 e. The number of aryl methyl sites for hydroxylation is 3. The van der Waals surface area contributed by atoms with Crippen molar-refractivity contribution >= 4 is 17.9 Å². The minimum Gasteiger partial charge on any atom is -0.481 e. The molecule has 111 heavy (non-hydrogen) atoms. The molecule has 0 fully saturated rings. The predicted octanol–water partition coefficient (Wildman–Crippen LogP) is 25.3. The molecule has 0 saturated carbocycles. The highest BCUT2D eigenvalue weighted by atomic mass is 16.5. The van der Waals surface area contributed by atoms with Crippen molar-refractivity contribution in [1.82, 2.24) is 0 Å². The zero-order chi connectivity index (χ0) is 77.5. The van der Waals surface area contributed by atoms with Gasteiger partial charge in [-0.3, -0.25) is 14.4 Å². The first kappa shape index (κ1) is 75.7. The Morgan fingerprint density at radius 3 is 0.459 bits per heavy atom. The first-order valence-electron chi connectivity index (χ1n) is 36.7. The molecular weight excluding hydrogens is 1390 g/mol. The summed E-state index contributed by atoms with van der Waals surface area (Å²) in [6, 6.07) is 96.9. The van der Waals surface area contributed by atoms with Gasteiger partial charge in [-0.05, 0) is 255 Å². The van der Waals surface area contributed by atoms with Gasteiger partial charge in [0.15, 0.2) is 0 Å². The van der Waals surface area contributed by atoms with E-state index in [-0.39, 0.29) is 19.3 Å². The monoisotopic (exact) mass is 1480 g/mol. The van der Waals surface area contributed by atoms with Crippen LogP contribution in [0.3, 0.4) is 0 Å². The maximum Gasteiger partial charge on any atom is 0.303 e. The molecule has 3 unspecified atom stereocenters. The van der Waals surface area contributed by atoms with E-state index >= 15 is 0 Å². The first-order valence-corrected chi connectivity index (χ1v) is 36.7. The topological polar surface area (TPSA) is 195 Å². The lowest BCUT2D eigenvalue weighted by Gasteiger charge is -2.31. The number of benzene rings is 13. The standard InChI is InChI=1S/C96H84O15/c1-64-7-25-73(26-8-64)103-76-31-13-67(14-32-76)94(4,58-55-91(97)98)70-19-37-79(38-20-70)106-82-43-49-85(50-44-82)109-88-61-89(110-86-51-45-83(46-52-86)107-80-39-21-71(22-40-80)95(5,59-56-92(99)100)68-15-33-77(34-16-68)104-74-27-9-65(2)10-28-74)63-90(62-88)111-87-53-47-84(48-54-87)108-81-41-23-72(24-42-81)96(6,60-57-93(101)102)69-17-35-78(36-18-69)105-75-29-11-66(3)12-30-75/h7-54,61-63H,55-60H2,1-6H3,(H,97,98)(H,99,100)(H,101,102). The van der Waals surface area contributed by atoms with Crippen molar-refractivity contribution in [2.75, 3.05) is 0 Å². The van der Waals surface area contributed by atoms with E-state index in [1.807, 2.05) is 239 Å². The molecule has 13 aromatic carbocycles. The minimum atomic E-state index is -0.877. The zero-order valence-corrected chi connectivity index (χ0v) is 62.4. The molecule has 0 spiro atoms. The Kier molecular flexibility index (Phi) is 23.3. The van der Waals surface area contributed by atoms with Crippen LogP contribution in [0.5, 0.6) is 103 Å². The van der Waals surface area contributed by atoms with Crippen LogP contribution in [0, 0.1) is 20.8 Å². The molecule has 0 amide bonds. The molecule has 15 nitrogen and oxygen atoms in total. The molecule has 558 valence electrons. The number of hydrogen-bond acceptors (Lipinski definition) is 12. The number of carboxylic acid groups (broad SMARTS) is 3. The van der Waals surface area contributed by atoms with Gasteiger partial charge in [0.2, 0.25) is 0 Å². The van der Waals surface area contributed by atoms with Crippen molar-refractivity contribution in [3.63, 3.8) is 0 Å². The molecule has 0 aromatic heterocycles. The maximum atomic E-state index is 12.0. The fraction of sp³-hybridized carbons (Fsp3) is 0.156. The summed E-state index contributed by atoms with van der Waals surface area (Å²) in [5.41, 5.74) is 7.12. The lowest BCUT2D eigenvalue weighted by molar-refractivity contribution is -0.138. The van der Waals surface area contributed by atoms with Crippen LogP contribution in [0.25, 0.3) is 0 Å². The Morgan fingerprint density at radius 1 is 0.207 bits per heavy atom. The van der Waals surface area contributed by atoms with Crippen LogP contribution < -0.4 is 42.6 Å². The predicted molar refractivity (Wildman–Crippen MR) is 429 cm³/mol. The quantitative estimate of drug-likeness (QED) is 0.0351. The van der Waals surface area contributed by atoms with Gasteiger partial charge < -0.3 is 58.0 Å². The lowest BCUT2D eigenvalue weighted by atomic mass is 9.73. The lowest BCUT2D eigenvalue weighted by Crippen LogP contribution is -2.24. The average molecular weight is 1480 g/mol. The summed E-state index contributed by atoms with van der Waals surface area (Å²) in [4.78, 5) is 35.9. The SMILES string of the molecule is Cc1ccc(Oc2ccc(C(C)(CCC(=O)O)c3ccc(Oc4ccc(Oc5cc(Oc6ccc(Oc7ccc(C(C)(CCC(=O)O)c8ccc(Oc9ccc(C)cc9)cc8)cc7)cc6)cc(Oc6ccc(Oc7ccc(C(C)(CCC(=O)O)c8ccc(Oc9ccc(C)cc9)cc8)cc7)cc6)c5)cc4)cc3)cc2)cc1. The molecular formula is C96H84O15. The van der Waals surface area contributed by atoms with E-state index in [1.54, 1.807) is 91.0 Å². The molecule has 0 heterocycles. The van der Waals surface area contributed by atoms with Gasteiger partial charge >= 0.3 is 17.9 Å². The molecule has 3 atom stereocenters. The second-order valence-electron chi connectivity index (χ2n) is 28.2. The summed E-state index contributed by atoms with van der Waals surface area (Å²) in [5.74, 6) is 7.72. The Hall–Kier alpha value is -13.5. The van der Waals surface area contributed by atoms with Crippen LogP contribution in [0.2, 0.25) is 0 Å². The van der Waals surface area contributed by atoms with Crippen molar-refractivity contribution in [1.29, 1.82) is 0 Å². The third-order valence-corrected chi connectivity index (χ3v) is 20.0. The van der Waals surface area contributed by atoms with Crippen molar-refractivity contribution in [3.05, 3.63) is 359 Å². The summed E-state index contributed by atoms with van der Waals surface area (Å²) < 4.78 is 57.0. The number of ether oxygens (including phenoxy) is 9. The molecule has 0 aliphatic heterocycles. The largest absolute Gasteiger partial charge is 0.481 e. The Balaban J connectivity index is 0.700. The second kappa shape index (κ2) is 34.1. The van der Waals surface area contributed by atoms with Crippen molar-refractivity contribution in [2.45, 2.75) is 96.3 Å². The van der Waals surface area contributed by atoms with E-state index in [0.717, 1.165) is 67.3 Å². The number of carbonyl (C=O) groups is 3. The van der Waals surface area contributed by atoms with E-state index in [9.17, 15) is 29.7 Å². The Morgan fingerprint density at radius 2 is 0.324 bits per heavy atom. The third kappa shape index (κ3) is 19.8. The molecule has 0 bridgehead atoms. The second-order valence-corrected chi connectivity index (χ2v) is 28.2. The highest BCUT2D eigenvalue weighted by Crippen LogP contribution is 2.44. The van der Waals surface area contributed by atoms with Crippen molar-refractivity contribution in [3.8, 4) is 103 Å². The molecule has 13 aromatic rings. The highest BCUT2D eigenvalue weighted by molar-refractivity contribution is 5.68. The average Bonchev–Trinajstić information content (AvgIpc) is 0.793. The van der Waals surface area contributed by atoms with Gasteiger partial charge in [0.1, 0.15) is 103 Å². The van der Waals surface area contributed by atoms with Gasteiger partial charge in [-0.15, -0.1) is 0 Å². The minimum absolute atomic E-state index is 0.0260. The fourth-order valence-electron chi connectivity index (χ4n) is 13.3. The molecule has 0 aliphatic carbocycles. The van der Waals surface area contributed by atoms with E-state index in [4.69, 9.17) is 42.6 Å². The summed E-state index contributed by atoms with van der Waals surface area (Å²) in [7, 11) is 0. The van der Waals surface area contributed by atoms with Crippen LogP contribution in [0.4, 0.5) is 0 Å². The fourth-order valence-corrected chi connectivity index (χ4v) is 13.3. The van der Waals surface area contributed by atoms with Crippen molar-refractivity contribution < 1.29 is 72.3 Å². The van der Waals surface area contributed by atoms with Crippen LogP contribution in [-0.4, -0.2) is 33.2 Å². The summed E-state index contributed by atoms with van der Waals surface area (Å²) >= 11 is 0. The van der Waals surface area contributed by atoms with Gasteiger partial charge in [0, 0.05) is 53.7 Å². The van der Waals surface area contributed by atoms with E-state index in [1.165, 1.54) is 0 Å². The van der Waals surface area contributed by atoms with E-state index in [0.29, 0.717) is 106 Å². The first-order chi connectivity index (χ1) is 53.6. The zero-order valence-electron chi connectivity index (χ0n) is 62.4. The number of aliphatic carboxylic acids is 3. The van der Waals surface area contributed by atoms with Gasteiger partial charge in [0.25, 0.3) is 0 Å². The number of hydrogen-bond donors (Lipinski definition) is 3. The normalized spacial score (nSPS) is 12.7. The number of rotatable bonds is 33. The van der Waals surface area contributed by atoms with Gasteiger partial charge in [-0.1, -0.05) is 147 Å². The van der Waals surface area contributed by atoms with Crippen LogP contribution in [-0.2, 0) is 30.6 Å². The Labute approximate surface area is 646 Å². The highest BCUT2D eigenvalue weighted by Gasteiger charge is 2.33.